The number of alkyl halides is 6. The average molecular weight is 324 g/mol. The number of benzene rings is 1. The summed E-state index contributed by atoms with van der Waals surface area (Å²) in [6.45, 7) is 0. The van der Waals surface area contributed by atoms with Crippen molar-refractivity contribution in [3.63, 3.8) is 0 Å². The van der Waals surface area contributed by atoms with Crippen molar-refractivity contribution in [3.8, 4) is 0 Å². The van der Waals surface area contributed by atoms with E-state index >= 15 is 0 Å². The zero-order valence-electron chi connectivity index (χ0n) is 10.4. The summed E-state index contributed by atoms with van der Waals surface area (Å²) in [6, 6.07) is 0.576. The second kappa shape index (κ2) is 5.31. The second-order valence-electron chi connectivity index (χ2n) is 4.08. The van der Waals surface area contributed by atoms with Gasteiger partial charge in [0.2, 0.25) is 5.95 Å². The highest BCUT2D eigenvalue weighted by Gasteiger charge is 2.37. The smallest absolute Gasteiger partial charge is 0.291 e. The molecule has 0 aliphatic rings. The van der Waals surface area contributed by atoms with Crippen LogP contribution in [0.15, 0.2) is 24.5 Å². The molecule has 1 heterocycles. The lowest BCUT2D eigenvalue weighted by Crippen LogP contribution is -2.17. The SMILES string of the molecule is O=C(Nc1ncn[nH]1)c1cc(C(F)(F)F)cc(C(F)(F)F)c1. The van der Waals surface area contributed by atoms with Crippen LogP contribution < -0.4 is 5.32 Å². The number of carbonyl (C=O) groups is 1. The summed E-state index contributed by atoms with van der Waals surface area (Å²) in [5.41, 5.74) is -3.96. The van der Waals surface area contributed by atoms with E-state index in [4.69, 9.17) is 0 Å². The van der Waals surface area contributed by atoms with Gasteiger partial charge in [-0.3, -0.25) is 10.1 Å². The fourth-order valence-corrected chi connectivity index (χ4v) is 1.53. The van der Waals surface area contributed by atoms with Crippen molar-refractivity contribution in [2.24, 2.45) is 0 Å². The fraction of sp³-hybridized carbons (Fsp3) is 0.182. The Hall–Kier alpha value is -2.59. The van der Waals surface area contributed by atoms with E-state index in [0.717, 1.165) is 6.33 Å². The topological polar surface area (TPSA) is 70.7 Å². The number of carbonyl (C=O) groups excluding carboxylic acids is 1. The summed E-state index contributed by atoms with van der Waals surface area (Å²) in [6.07, 6.45) is -9.05. The maximum absolute atomic E-state index is 12.6. The Balaban J connectivity index is 2.44. The van der Waals surface area contributed by atoms with Crippen molar-refractivity contribution in [2.45, 2.75) is 12.4 Å². The average Bonchev–Trinajstić information content (AvgIpc) is 2.89. The minimum Gasteiger partial charge on any atom is -0.291 e. The molecule has 0 radical (unpaired) electrons. The van der Waals surface area contributed by atoms with E-state index in [1.165, 1.54) is 0 Å². The van der Waals surface area contributed by atoms with E-state index in [0.29, 0.717) is 12.1 Å². The predicted molar refractivity (Wildman–Crippen MR) is 60.8 cm³/mol. The molecule has 1 amide bonds. The molecule has 0 fully saturated rings. The zero-order valence-corrected chi connectivity index (χ0v) is 10.4. The molecule has 0 atom stereocenters. The number of hydrogen-bond donors (Lipinski definition) is 2. The molecule has 11 heteroatoms. The Bertz CT molecular complexity index is 645. The Kier molecular flexibility index (Phi) is 3.81. The maximum atomic E-state index is 12.6. The third kappa shape index (κ3) is 3.54. The van der Waals surface area contributed by atoms with Crippen molar-refractivity contribution < 1.29 is 31.1 Å². The normalized spacial score (nSPS) is 12.3. The van der Waals surface area contributed by atoms with Crippen LogP contribution in [0, 0.1) is 0 Å². The van der Waals surface area contributed by atoms with Crippen LogP contribution in [-0.2, 0) is 12.4 Å². The van der Waals surface area contributed by atoms with Gasteiger partial charge in [-0.25, -0.2) is 5.10 Å². The van der Waals surface area contributed by atoms with Crippen molar-refractivity contribution in [3.05, 3.63) is 41.2 Å². The molecule has 22 heavy (non-hydrogen) atoms. The van der Waals surface area contributed by atoms with Gasteiger partial charge in [-0.15, -0.1) is 0 Å². The van der Waals surface area contributed by atoms with Crippen LogP contribution in [0.1, 0.15) is 21.5 Å². The third-order valence-electron chi connectivity index (χ3n) is 2.50. The quantitative estimate of drug-likeness (QED) is 0.834. The van der Waals surface area contributed by atoms with Gasteiger partial charge in [0.05, 0.1) is 11.1 Å². The van der Waals surface area contributed by atoms with Gasteiger partial charge in [0, 0.05) is 5.56 Å². The van der Waals surface area contributed by atoms with Gasteiger partial charge in [0.1, 0.15) is 6.33 Å². The molecule has 0 aliphatic carbocycles. The van der Waals surface area contributed by atoms with E-state index in [2.05, 4.69) is 15.2 Å². The molecule has 0 unspecified atom stereocenters. The molecule has 1 aromatic carbocycles. The second-order valence-corrected chi connectivity index (χ2v) is 4.08. The fourth-order valence-electron chi connectivity index (χ4n) is 1.53. The zero-order chi connectivity index (χ0) is 16.5. The number of nitrogens with zero attached hydrogens (tertiary/aromatic N) is 2. The van der Waals surface area contributed by atoms with Crippen molar-refractivity contribution >= 4 is 11.9 Å². The number of halogens is 6. The predicted octanol–water partition coefficient (Wildman–Crippen LogP) is 3.09. The molecule has 0 saturated carbocycles. The molecule has 2 aromatic rings. The highest BCUT2D eigenvalue weighted by atomic mass is 19.4. The lowest BCUT2D eigenvalue weighted by atomic mass is 10.0. The van der Waals surface area contributed by atoms with Crippen molar-refractivity contribution in [1.82, 2.24) is 15.2 Å². The van der Waals surface area contributed by atoms with E-state index in [1.807, 2.05) is 5.32 Å². The van der Waals surface area contributed by atoms with E-state index in [1.54, 1.807) is 0 Å². The van der Waals surface area contributed by atoms with E-state index in [-0.39, 0.29) is 12.0 Å². The minimum absolute atomic E-state index is 0.0643. The van der Waals surface area contributed by atoms with Crippen LogP contribution in [0.4, 0.5) is 32.3 Å². The van der Waals surface area contributed by atoms with Crippen LogP contribution in [-0.4, -0.2) is 21.1 Å². The summed E-state index contributed by atoms with van der Waals surface area (Å²) < 4.78 is 75.9. The number of nitrogens with one attached hydrogen (secondary N) is 2. The lowest BCUT2D eigenvalue weighted by Gasteiger charge is -2.13. The molecule has 0 bridgehead atoms. The highest BCUT2D eigenvalue weighted by molar-refractivity contribution is 6.03. The van der Waals surface area contributed by atoms with Gasteiger partial charge in [0.15, 0.2) is 0 Å². The molecule has 118 valence electrons. The van der Waals surface area contributed by atoms with Crippen LogP contribution >= 0.6 is 0 Å². The summed E-state index contributed by atoms with van der Waals surface area (Å²) in [5, 5.41) is 7.55. The van der Waals surface area contributed by atoms with Gasteiger partial charge in [-0.1, -0.05) is 0 Å². The molecular formula is C11H6F6N4O. The number of aromatic nitrogens is 3. The van der Waals surface area contributed by atoms with Crippen molar-refractivity contribution in [2.75, 3.05) is 5.32 Å². The summed E-state index contributed by atoms with van der Waals surface area (Å²) in [7, 11) is 0. The van der Waals surface area contributed by atoms with Gasteiger partial charge in [0.25, 0.3) is 5.91 Å². The van der Waals surface area contributed by atoms with E-state index < -0.39 is 35.0 Å². The van der Waals surface area contributed by atoms with Crippen LogP contribution in [0.5, 0.6) is 0 Å². The summed E-state index contributed by atoms with van der Waals surface area (Å²) >= 11 is 0. The summed E-state index contributed by atoms with van der Waals surface area (Å²) in [4.78, 5) is 15.2. The molecule has 0 spiro atoms. The van der Waals surface area contributed by atoms with Crippen LogP contribution in [0.2, 0.25) is 0 Å². The largest absolute Gasteiger partial charge is 0.416 e. The Morgan fingerprint density at radius 1 is 1.00 bits per heavy atom. The molecule has 5 nitrogen and oxygen atoms in total. The Morgan fingerprint density at radius 3 is 1.95 bits per heavy atom. The first-order valence-corrected chi connectivity index (χ1v) is 5.53. The van der Waals surface area contributed by atoms with Gasteiger partial charge >= 0.3 is 12.4 Å². The number of H-pyrrole nitrogens is 1. The molecule has 1 aromatic heterocycles. The van der Waals surface area contributed by atoms with Crippen LogP contribution in [0.25, 0.3) is 0 Å². The summed E-state index contributed by atoms with van der Waals surface area (Å²) in [5.74, 6) is -1.40. The van der Waals surface area contributed by atoms with Crippen LogP contribution in [0.3, 0.4) is 0 Å². The van der Waals surface area contributed by atoms with Gasteiger partial charge in [-0.2, -0.15) is 36.4 Å². The molecule has 2 rings (SSSR count). The molecule has 2 N–H and O–H groups in total. The molecule has 0 aliphatic heterocycles. The van der Waals surface area contributed by atoms with Gasteiger partial charge < -0.3 is 0 Å². The minimum atomic E-state index is -5.03. The van der Waals surface area contributed by atoms with E-state index in [9.17, 15) is 31.1 Å². The number of amides is 1. The standard InChI is InChI=1S/C11H6F6N4O/c12-10(13,14)6-1-5(2-7(3-6)11(15,16)17)8(22)20-9-18-4-19-21-9/h1-4H,(H2,18,19,20,21,22). The molecule has 0 saturated heterocycles. The van der Waals surface area contributed by atoms with Gasteiger partial charge in [-0.05, 0) is 18.2 Å². The Labute approximate surface area is 118 Å². The number of rotatable bonds is 2. The third-order valence-corrected chi connectivity index (χ3v) is 2.50. The van der Waals surface area contributed by atoms with Crippen molar-refractivity contribution in [1.29, 1.82) is 0 Å². The Morgan fingerprint density at radius 2 is 1.55 bits per heavy atom. The molecular weight excluding hydrogens is 318 g/mol. The monoisotopic (exact) mass is 324 g/mol. The first-order chi connectivity index (χ1) is 10.1. The first kappa shape index (κ1) is 15.8. The lowest BCUT2D eigenvalue weighted by molar-refractivity contribution is -0.143. The maximum Gasteiger partial charge on any atom is 0.416 e. The first-order valence-electron chi connectivity index (χ1n) is 5.53. The number of aromatic amines is 1. The highest BCUT2D eigenvalue weighted by Crippen LogP contribution is 2.36. The number of anilines is 1. The number of hydrogen-bond acceptors (Lipinski definition) is 3.